The lowest BCUT2D eigenvalue weighted by Gasteiger charge is -2.33. The van der Waals surface area contributed by atoms with Gasteiger partial charge in [0.05, 0.1) is 5.92 Å². The number of carboxylic acids is 1. The van der Waals surface area contributed by atoms with E-state index in [9.17, 15) is 14.7 Å². The molecule has 2 aromatic carbocycles. The van der Waals surface area contributed by atoms with E-state index in [1.165, 1.54) is 22.3 Å². The lowest BCUT2D eigenvalue weighted by molar-refractivity contribution is -0.143. The molecule has 1 saturated heterocycles. The number of hydrogen-bond acceptors (Lipinski definition) is 3. The number of aliphatic carboxylic acids is 1. The van der Waals surface area contributed by atoms with Crippen molar-refractivity contribution in [3.63, 3.8) is 0 Å². The summed E-state index contributed by atoms with van der Waals surface area (Å²) in [6.45, 7) is 0.997. The normalized spacial score (nSPS) is 25.2. The molecule has 2 aliphatic carbocycles. The first-order valence-corrected chi connectivity index (χ1v) is 10.5. The monoisotopic (exact) mass is 391 g/mol. The second kappa shape index (κ2) is 7.21. The predicted octanol–water partition coefficient (Wildman–Crippen LogP) is 4.51. The summed E-state index contributed by atoms with van der Waals surface area (Å²) < 4.78 is 5.82. The van der Waals surface area contributed by atoms with Crippen LogP contribution in [0.4, 0.5) is 4.79 Å². The number of rotatable bonds is 3. The molecule has 1 saturated carbocycles. The molecule has 29 heavy (non-hydrogen) atoms. The molecule has 2 aromatic rings. The van der Waals surface area contributed by atoms with Crippen LogP contribution in [0.3, 0.4) is 0 Å². The lowest BCUT2D eigenvalue weighted by Crippen LogP contribution is -2.42. The Morgan fingerprint density at radius 3 is 2.28 bits per heavy atom. The van der Waals surface area contributed by atoms with Gasteiger partial charge in [-0.2, -0.15) is 0 Å². The zero-order chi connectivity index (χ0) is 20.0. The molecule has 0 bridgehead atoms. The number of benzene rings is 2. The summed E-state index contributed by atoms with van der Waals surface area (Å²) in [6.07, 6.45) is 2.69. The van der Waals surface area contributed by atoms with E-state index in [-0.39, 0.29) is 29.9 Å². The zero-order valence-electron chi connectivity index (χ0n) is 16.3. The van der Waals surface area contributed by atoms with Crippen LogP contribution in [0.2, 0.25) is 0 Å². The molecule has 1 N–H and O–H groups in total. The summed E-state index contributed by atoms with van der Waals surface area (Å²) >= 11 is 0. The van der Waals surface area contributed by atoms with E-state index >= 15 is 0 Å². The van der Waals surface area contributed by atoms with Crippen molar-refractivity contribution in [2.75, 3.05) is 13.2 Å². The van der Waals surface area contributed by atoms with Crippen molar-refractivity contribution in [2.45, 2.75) is 37.6 Å². The highest BCUT2D eigenvalue weighted by atomic mass is 16.6. The lowest BCUT2D eigenvalue weighted by atomic mass is 9.78. The molecule has 1 amide bonds. The second-order valence-electron chi connectivity index (χ2n) is 8.46. The molecule has 150 valence electrons. The molecule has 0 unspecified atom stereocenters. The van der Waals surface area contributed by atoms with Crippen LogP contribution in [-0.4, -0.2) is 41.3 Å². The molecule has 3 aliphatic rings. The minimum absolute atomic E-state index is 0.0625. The average molecular weight is 391 g/mol. The predicted molar refractivity (Wildman–Crippen MR) is 109 cm³/mol. The van der Waals surface area contributed by atoms with Gasteiger partial charge in [-0.1, -0.05) is 48.5 Å². The smallest absolute Gasteiger partial charge is 0.410 e. The van der Waals surface area contributed by atoms with Gasteiger partial charge in [-0.3, -0.25) is 4.79 Å². The Balaban J connectivity index is 1.28. The number of amides is 1. The number of fused-ring (bicyclic) bond motifs is 4. The van der Waals surface area contributed by atoms with Crippen LogP contribution < -0.4 is 0 Å². The van der Waals surface area contributed by atoms with Crippen molar-refractivity contribution in [1.82, 2.24) is 4.90 Å². The fraction of sp³-hybridized carbons (Fsp3) is 0.417. The van der Waals surface area contributed by atoms with Crippen LogP contribution in [0.5, 0.6) is 0 Å². The van der Waals surface area contributed by atoms with Gasteiger partial charge >= 0.3 is 12.1 Å². The van der Waals surface area contributed by atoms with Crippen molar-refractivity contribution in [3.05, 3.63) is 59.7 Å². The number of carbonyl (C=O) groups is 2. The van der Waals surface area contributed by atoms with Crippen LogP contribution in [0, 0.1) is 11.8 Å². The first-order chi connectivity index (χ1) is 14.1. The second-order valence-corrected chi connectivity index (χ2v) is 8.46. The van der Waals surface area contributed by atoms with Gasteiger partial charge in [0.15, 0.2) is 0 Å². The summed E-state index contributed by atoms with van der Waals surface area (Å²) in [7, 11) is 0. The molecule has 5 nitrogen and oxygen atoms in total. The third-order valence-electron chi connectivity index (χ3n) is 7.00. The minimum atomic E-state index is -0.706. The van der Waals surface area contributed by atoms with Crippen LogP contribution >= 0.6 is 0 Å². The Labute approximate surface area is 170 Å². The highest BCUT2D eigenvalue weighted by molar-refractivity contribution is 5.79. The molecule has 5 rings (SSSR count). The van der Waals surface area contributed by atoms with E-state index < -0.39 is 5.97 Å². The van der Waals surface area contributed by atoms with Crippen molar-refractivity contribution in [2.24, 2.45) is 11.8 Å². The van der Waals surface area contributed by atoms with E-state index in [4.69, 9.17) is 4.74 Å². The molecule has 0 aromatic heterocycles. The Hall–Kier alpha value is -2.82. The fourth-order valence-corrected chi connectivity index (χ4v) is 5.57. The maximum atomic E-state index is 12.9. The van der Waals surface area contributed by atoms with Gasteiger partial charge in [0.1, 0.15) is 6.61 Å². The average Bonchev–Trinajstić information content (AvgIpc) is 3.31. The van der Waals surface area contributed by atoms with Gasteiger partial charge < -0.3 is 14.7 Å². The topological polar surface area (TPSA) is 66.8 Å². The summed E-state index contributed by atoms with van der Waals surface area (Å²) in [6, 6.07) is 16.8. The Morgan fingerprint density at radius 1 is 0.966 bits per heavy atom. The quantitative estimate of drug-likeness (QED) is 0.836. The van der Waals surface area contributed by atoms with Crippen LogP contribution in [-0.2, 0) is 9.53 Å². The number of carbonyl (C=O) groups excluding carboxylic acids is 1. The molecular weight excluding hydrogens is 366 g/mol. The van der Waals surface area contributed by atoms with E-state index in [1.807, 2.05) is 29.2 Å². The highest BCUT2D eigenvalue weighted by Gasteiger charge is 2.43. The first-order valence-electron chi connectivity index (χ1n) is 10.5. The van der Waals surface area contributed by atoms with Crippen molar-refractivity contribution in [1.29, 1.82) is 0 Å². The number of carboxylic acid groups (broad SMARTS) is 1. The van der Waals surface area contributed by atoms with Gasteiger partial charge in [-0.05, 0) is 53.9 Å². The number of ether oxygens (including phenoxy) is 1. The molecule has 0 radical (unpaired) electrons. The number of likely N-dealkylation sites (tertiary alicyclic amines) is 1. The van der Waals surface area contributed by atoms with E-state index in [0.717, 1.165) is 12.8 Å². The maximum absolute atomic E-state index is 12.9. The number of hydrogen-bond donors (Lipinski definition) is 1. The van der Waals surface area contributed by atoms with E-state index in [1.54, 1.807) is 0 Å². The van der Waals surface area contributed by atoms with Crippen LogP contribution in [0.25, 0.3) is 11.1 Å². The standard InChI is InChI=1S/C24H25NO4/c26-23(27)16-9-10-22-15(13-16)11-12-25(22)24(28)29-14-21-19-7-3-1-5-17(19)18-6-2-4-8-20(18)21/h1-8,15-16,21-22H,9-14H2,(H,26,27)/t15-,16-,22+/m1/s1. The van der Waals surface area contributed by atoms with E-state index in [2.05, 4.69) is 24.3 Å². The van der Waals surface area contributed by atoms with Crippen LogP contribution in [0.15, 0.2) is 48.5 Å². The summed E-state index contributed by atoms with van der Waals surface area (Å²) in [4.78, 5) is 26.0. The van der Waals surface area contributed by atoms with Crippen molar-refractivity contribution >= 4 is 12.1 Å². The molecule has 1 aliphatic heterocycles. The molecule has 0 spiro atoms. The SMILES string of the molecule is O=C(O)[C@@H]1CC[C@H]2[C@H](CCN2C(=O)OCC2c3ccccc3-c3ccccc32)C1. The molecular formula is C24H25NO4. The van der Waals surface area contributed by atoms with Gasteiger partial charge in [0.25, 0.3) is 0 Å². The van der Waals surface area contributed by atoms with Crippen LogP contribution in [0.1, 0.15) is 42.7 Å². The summed E-state index contributed by atoms with van der Waals surface area (Å²) in [5.41, 5.74) is 4.86. The third-order valence-corrected chi connectivity index (χ3v) is 7.00. The summed E-state index contributed by atoms with van der Waals surface area (Å²) in [5.74, 6) is -0.625. The zero-order valence-corrected chi connectivity index (χ0v) is 16.3. The molecule has 5 heteroatoms. The maximum Gasteiger partial charge on any atom is 0.410 e. The fourth-order valence-electron chi connectivity index (χ4n) is 5.57. The minimum Gasteiger partial charge on any atom is -0.481 e. The first kappa shape index (κ1) is 18.2. The van der Waals surface area contributed by atoms with Gasteiger partial charge in [-0.25, -0.2) is 4.79 Å². The van der Waals surface area contributed by atoms with Gasteiger partial charge in [-0.15, -0.1) is 0 Å². The molecule has 1 heterocycles. The largest absolute Gasteiger partial charge is 0.481 e. The Kier molecular flexibility index (Phi) is 4.53. The van der Waals surface area contributed by atoms with Gasteiger partial charge in [0.2, 0.25) is 0 Å². The Bertz CT molecular complexity index is 910. The Morgan fingerprint density at radius 2 is 1.62 bits per heavy atom. The third kappa shape index (κ3) is 3.09. The van der Waals surface area contributed by atoms with E-state index in [0.29, 0.717) is 26.0 Å². The summed E-state index contributed by atoms with van der Waals surface area (Å²) in [5, 5.41) is 9.29. The molecule has 3 atom stereocenters. The molecule has 2 fully saturated rings. The van der Waals surface area contributed by atoms with Crippen molar-refractivity contribution in [3.8, 4) is 11.1 Å². The number of nitrogens with zero attached hydrogens (tertiary/aromatic N) is 1. The van der Waals surface area contributed by atoms with Gasteiger partial charge in [0, 0.05) is 18.5 Å². The van der Waals surface area contributed by atoms with Crippen molar-refractivity contribution < 1.29 is 19.4 Å². The highest BCUT2D eigenvalue weighted by Crippen LogP contribution is 2.45.